The lowest BCUT2D eigenvalue weighted by Crippen LogP contribution is -2.30. The van der Waals surface area contributed by atoms with E-state index >= 15 is 0 Å². The molecule has 0 radical (unpaired) electrons. The Morgan fingerprint density at radius 1 is 1.20 bits per heavy atom. The third kappa shape index (κ3) is 3.83. The van der Waals surface area contributed by atoms with Gasteiger partial charge < -0.3 is 14.9 Å². The van der Waals surface area contributed by atoms with E-state index in [9.17, 15) is 18.0 Å². The second-order valence-electron chi connectivity index (χ2n) is 6.80. The minimum Gasteiger partial charge on any atom is -0.345 e. The number of aromatic nitrogens is 3. The van der Waals surface area contributed by atoms with E-state index in [1.807, 2.05) is 0 Å². The second-order valence-corrected chi connectivity index (χ2v) is 8.74. The molecule has 1 aromatic carbocycles. The highest BCUT2D eigenvalue weighted by atomic mass is 32.2. The number of aryl methyl sites for hydroxylation is 2. The Morgan fingerprint density at radius 2 is 1.87 bits per heavy atom. The van der Waals surface area contributed by atoms with Gasteiger partial charge in [-0.25, -0.2) is 13.2 Å². The molecule has 0 saturated carbocycles. The maximum Gasteiger partial charge on any atom is 0.330 e. The van der Waals surface area contributed by atoms with Crippen molar-refractivity contribution in [3.05, 3.63) is 64.6 Å². The van der Waals surface area contributed by atoms with Crippen molar-refractivity contribution >= 4 is 21.6 Å². The number of anilines is 1. The van der Waals surface area contributed by atoms with Gasteiger partial charge in [0.15, 0.2) is 0 Å². The van der Waals surface area contributed by atoms with Crippen LogP contribution in [0.5, 0.6) is 0 Å². The predicted octanol–water partition coefficient (Wildman–Crippen LogP) is 2.10. The van der Waals surface area contributed by atoms with Gasteiger partial charge in [0.1, 0.15) is 10.6 Å². The minimum atomic E-state index is -3.68. The van der Waals surface area contributed by atoms with Gasteiger partial charge in [-0.1, -0.05) is 26.0 Å². The number of hydrogen-bond donors (Lipinski definition) is 2. The molecule has 0 aliphatic heterocycles. The third-order valence-corrected chi connectivity index (χ3v) is 6.92. The van der Waals surface area contributed by atoms with Crippen LogP contribution in [-0.4, -0.2) is 45.8 Å². The van der Waals surface area contributed by atoms with Crippen molar-refractivity contribution in [2.75, 3.05) is 18.4 Å². The summed E-state index contributed by atoms with van der Waals surface area (Å²) in [6.07, 6.45) is 3.01. The smallest absolute Gasteiger partial charge is 0.330 e. The number of nitrogens with one attached hydrogen (secondary N) is 2. The van der Waals surface area contributed by atoms with Crippen molar-refractivity contribution in [2.45, 2.75) is 25.7 Å². The fourth-order valence-electron chi connectivity index (χ4n) is 3.33. The molecule has 2 aromatic heterocycles. The van der Waals surface area contributed by atoms with Crippen LogP contribution in [0.2, 0.25) is 0 Å². The van der Waals surface area contributed by atoms with Crippen LogP contribution < -0.4 is 11.0 Å². The average Bonchev–Trinajstić information content (AvgIpc) is 3.26. The highest BCUT2D eigenvalue weighted by Gasteiger charge is 2.25. The van der Waals surface area contributed by atoms with Gasteiger partial charge in [0.2, 0.25) is 10.0 Å². The summed E-state index contributed by atoms with van der Waals surface area (Å²) in [7, 11) is -2.07. The van der Waals surface area contributed by atoms with E-state index in [-0.39, 0.29) is 16.3 Å². The Kier molecular flexibility index (Phi) is 5.99. The number of carbonyl (C=O) groups is 1. The molecule has 3 rings (SSSR count). The maximum absolute atomic E-state index is 12.9. The number of carbonyl (C=O) groups excluding carboxylic acids is 1. The number of imidazole rings is 1. The van der Waals surface area contributed by atoms with Crippen molar-refractivity contribution in [3.8, 4) is 5.69 Å². The molecule has 30 heavy (non-hydrogen) atoms. The summed E-state index contributed by atoms with van der Waals surface area (Å²) in [5.74, 6) is -0.479. The number of benzene rings is 1. The Balaban J connectivity index is 1.96. The first-order valence-corrected chi connectivity index (χ1v) is 11.0. The molecule has 0 fully saturated rings. The molecule has 0 unspecified atom stereocenters. The molecule has 9 nitrogen and oxygen atoms in total. The molecule has 0 saturated heterocycles. The van der Waals surface area contributed by atoms with E-state index in [1.54, 1.807) is 58.3 Å². The van der Waals surface area contributed by atoms with E-state index in [0.717, 1.165) is 0 Å². The van der Waals surface area contributed by atoms with Crippen LogP contribution in [-0.2, 0) is 17.1 Å². The van der Waals surface area contributed by atoms with E-state index in [2.05, 4.69) is 10.3 Å². The van der Waals surface area contributed by atoms with Crippen LogP contribution in [0.1, 0.15) is 30.0 Å². The molecule has 3 aromatic rings. The highest BCUT2D eigenvalue weighted by Crippen LogP contribution is 2.23. The van der Waals surface area contributed by atoms with Gasteiger partial charge in [-0.3, -0.25) is 9.36 Å². The van der Waals surface area contributed by atoms with Crippen LogP contribution in [0, 0.1) is 6.92 Å². The molecule has 1 amide bonds. The van der Waals surface area contributed by atoms with E-state index in [1.165, 1.54) is 25.7 Å². The molecule has 0 aliphatic carbocycles. The Hall–Kier alpha value is -3.11. The topological polar surface area (TPSA) is 109 Å². The van der Waals surface area contributed by atoms with Gasteiger partial charge in [-0.15, -0.1) is 0 Å². The summed E-state index contributed by atoms with van der Waals surface area (Å²) in [6, 6.07) is 8.27. The second kappa shape index (κ2) is 8.33. The van der Waals surface area contributed by atoms with Crippen LogP contribution in [0.4, 0.5) is 5.69 Å². The molecular weight excluding hydrogens is 406 g/mol. The molecule has 160 valence electrons. The van der Waals surface area contributed by atoms with Crippen LogP contribution in [0.25, 0.3) is 5.69 Å². The number of para-hydroxylation sites is 2. The zero-order valence-electron chi connectivity index (χ0n) is 17.3. The lowest BCUT2D eigenvalue weighted by atomic mass is 10.2. The van der Waals surface area contributed by atoms with E-state index in [0.29, 0.717) is 30.2 Å². The quantitative estimate of drug-likeness (QED) is 0.597. The molecule has 2 N–H and O–H groups in total. The van der Waals surface area contributed by atoms with Crippen LogP contribution in [0.15, 0.2) is 52.4 Å². The fraction of sp³-hybridized carbons (Fsp3) is 0.300. The number of rotatable bonds is 7. The highest BCUT2D eigenvalue weighted by molar-refractivity contribution is 7.89. The third-order valence-electron chi connectivity index (χ3n) is 4.91. The lowest BCUT2D eigenvalue weighted by molar-refractivity contribution is 0.101. The minimum absolute atomic E-state index is 0.0600. The van der Waals surface area contributed by atoms with Crippen molar-refractivity contribution in [1.82, 2.24) is 18.4 Å². The number of aromatic amines is 1. The normalized spacial score (nSPS) is 11.8. The van der Waals surface area contributed by atoms with Gasteiger partial charge >= 0.3 is 5.69 Å². The van der Waals surface area contributed by atoms with E-state index in [4.69, 9.17) is 0 Å². The number of sulfonamides is 1. The number of nitrogens with zero attached hydrogens (tertiary/aromatic N) is 3. The predicted molar refractivity (Wildman–Crippen MR) is 115 cm³/mol. The zero-order chi connectivity index (χ0) is 22.1. The van der Waals surface area contributed by atoms with Crippen molar-refractivity contribution in [2.24, 2.45) is 7.05 Å². The van der Waals surface area contributed by atoms with Gasteiger partial charge in [0.25, 0.3) is 5.91 Å². The summed E-state index contributed by atoms with van der Waals surface area (Å²) in [6.45, 7) is 5.98. The van der Waals surface area contributed by atoms with Crippen LogP contribution >= 0.6 is 0 Å². The summed E-state index contributed by atoms with van der Waals surface area (Å²) in [5, 5.41) is 2.79. The summed E-state index contributed by atoms with van der Waals surface area (Å²) in [5.41, 5.74) is 1.50. The summed E-state index contributed by atoms with van der Waals surface area (Å²) in [4.78, 5) is 27.8. The number of amides is 1. The standard InChI is InChI=1S/C20H25N5O4S/c1-5-24(6-2)30(28,29)15-11-18(23(4)13-15)19(26)22-16-9-7-8-10-17(16)25-14(3)12-21-20(25)27/h7-13H,5-6H2,1-4H3,(H,21,27)(H,22,26). The molecule has 2 heterocycles. The number of H-pyrrole nitrogens is 1. The van der Waals surface area contributed by atoms with Crippen molar-refractivity contribution in [3.63, 3.8) is 0 Å². The molecule has 0 spiro atoms. The largest absolute Gasteiger partial charge is 0.345 e. The van der Waals surface area contributed by atoms with Crippen LogP contribution in [0.3, 0.4) is 0 Å². The van der Waals surface area contributed by atoms with Gasteiger partial charge in [-0.2, -0.15) is 4.31 Å². The Labute approximate surface area is 175 Å². The fourth-order valence-corrected chi connectivity index (χ4v) is 4.86. The summed E-state index contributed by atoms with van der Waals surface area (Å²) < 4.78 is 29.8. The molecule has 0 atom stereocenters. The first kappa shape index (κ1) is 21.6. The monoisotopic (exact) mass is 431 g/mol. The molecule has 10 heteroatoms. The van der Waals surface area contributed by atoms with Gasteiger partial charge in [0.05, 0.1) is 11.4 Å². The van der Waals surface area contributed by atoms with E-state index < -0.39 is 15.9 Å². The average molecular weight is 432 g/mol. The molecular formula is C20H25N5O4S. The Bertz CT molecular complexity index is 1230. The lowest BCUT2D eigenvalue weighted by Gasteiger charge is -2.17. The van der Waals surface area contributed by atoms with Crippen molar-refractivity contribution < 1.29 is 13.2 Å². The summed E-state index contributed by atoms with van der Waals surface area (Å²) >= 11 is 0. The maximum atomic E-state index is 12.9. The Morgan fingerprint density at radius 3 is 2.47 bits per heavy atom. The van der Waals surface area contributed by atoms with Gasteiger partial charge in [0, 0.05) is 38.2 Å². The van der Waals surface area contributed by atoms with Gasteiger partial charge in [-0.05, 0) is 25.1 Å². The van der Waals surface area contributed by atoms with Crippen molar-refractivity contribution in [1.29, 1.82) is 0 Å². The first-order chi connectivity index (χ1) is 14.2. The molecule has 0 aliphatic rings. The number of hydrogen-bond acceptors (Lipinski definition) is 4. The first-order valence-electron chi connectivity index (χ1n) is 9.55. The zero-order valence-corrected chi connectivity index (χ0v) is 18.2. The molecule has 0 bridgehead atoms. The SMILES string of the molecule is CCN(CC)S(=O)(=O)c1cc(C(=O)Nc2ccccc2-n2c(C)c[nH]c2=O)n(C)c1.